The Bertz CT molecular complexity index is 1320. The van der Waals surface area contributed by atoms with Crippen LogP contribution in [0.3, 0.4) is 0 Å². The van der Waals surface area contributed by atoms with Crippen molar-refractivity contribution in [2.75, 3.05) is 13.6 Å². The second-order valence-corrected chi connectivity index (χ2v) is 8.68. The summed E-state index contributed by atoms with van der Waals surface area (Å²) >= 11 is 5.88. The number of carbonyl (C=O) groups is 2. The number of hydrogen-bond acceptors (Lipinski definition) is 5. The fraction of sp³-hybridized carbons (Fsp3) is 0.185. The fourth-order valence-electron chi connectivity index (χ4n) is 3.53. The lowest BCUT2D eigenvalue weighted by Crippen LogP contribution is -2.29. The number of halogens is 1. The summed E-state index contributed by atoms with van der Waals surface area (Å²) in [4.78, 5) is 31.0. The highest BCUT2D eigenvalue weighted by Gasteiger charge is 2.15. The van der Waals surface area contributed by atoms with Gasteiger partial charge in [-0.3, -0.25) is 9.59 Å². The van der Waals surface area contributed by atoms with Crippen molar-refractivity contribution in [2.24, 2.45) is 0 Å². The minimum atomic E-state index is -0.155. The third kappa shape index (κ3) is 6.33. The van der Waals surface area contributed by atoms with Crippen molar-refractivity contribution in [1.82, 2.24) is 20.4 Å². The van der Waals surface area contributed by atoms with Gasteiger partial charge in [-0.1, -0.05) is 46.6 Å². The lowest BCUT2D eigenvalue weighted by atomic mass is 10.1. The summed E-state index contributed by atoms with van der Waals surface area (Å²) in [6.45, 7) is 2.91. The van der Waals surface area contributed by atoms with E-state index in [1.54, 1.807) is 60.5 Å². The molecule has 1 heterocycles. The van der Waals surface area contributed by atoms with Crippen molar-refractivity contribution in [2.45, 2.75) is 19.9 Å². The van der Waals surface area contributed by atoms with Crippen LogP contribution in [0.2, 0.25) is 5.02 Å². The van der Waals surface area contributed by atoms with Crippen LogP contribution in [-0.2, 0) is 13.0 Å². The van der Waals surface area contributed by atoms with Crippen LogP contribution in [0.25, 0.3) is 11.5 Å². The van der Waals surface area contributed by atoms with Gasteiger partial charge in [0.2, 0.25) is 0 Å². The molecule has 0 bridgehead atoms. The zero-order valence-corrected chi connectivity index (χ0v) is 20.2. The van der Waals surface area contributed by atoms with Crippen molar-refractivity contribution in [3.05, 3.63) is 106 Å². The summed E-state index contributed by atoms with van der Waals surface area (Å²) in [5.74, 6) is 0.591. The standard InChI is InChI=1S/C27H25ClN4O3/c1-18-4-3-5-19(16-18)17-29-25(33)20-6-8-21(9-7-20)26-30-24(31-35-26)14-15-32(2)27(34)22-10-12-23(28)13-11-22/h3-13,16H,14-15,17H2,1-2H3,(H,29,33). The molecule has 0 fully saturated rings. The van der Waals surface area contributed by atoms with Crippen molar-refractivity contribution >= 4 is 23.4 Å². The predicted octanol–water partition coefficient (Wildman–Crippen LogP) is 4.94. The fourth-order valence-corrected chi connectivity index (χ4v) is 3.65. The predicted molar refractivity (Wildman–Crippen MR) is 134 cm³/mol. The number of aryl methyl sites for hydroxylation is 1. The molecule has 1 N–H and O–H groups in total. The Morgan fingerprint density at radius 2 is 1.71 bits per heavy atom. The summed E-state index contributed by atoms with van der Waals surface area (Å²) in [5.41, 5.74) is 4.02. The van der Waals surface area contributed by atoms with E-state index in [0.29, 0.717) is 52.9 Å². The molecule has 0 unspecified atom stereocenters. The van der Waals surface area contributed by atoms with Crippen LogP contribution in [0, 0.1) is 6.92 Å². The lowest BCUT2D eigenvalue weighted by Gasteiger charge is -2.16. The van der Waals surface area contributed by atoms with Crippen LogP contribution in [-0.4, -0.2) is 40.4 Å². The Balaban J connectivity index is 1.31. The molecule has 0 aliphatic carbocycles. The summed E-state index contributed by atoms with van der Waals surface area (Å²) in [7, 11) is 1.72. The van der Waals surface area contributed by atoms with Gasteiger partial charge in [0.25, 0.3) is 17.7 Å². The Morgan fingerprint density at radius 3 is 2.43 bits per heavy atom. The third-order valence-corrected chi connectivity index (χ3v) is 5.76. The molecule has 0 saturated heterocycles. The molecule has 0 aliphatic heterocycles. The average molecular weight is 489 g/mol. The number of benzene rings is 3. The van der Waals surface area contributed by atoms with Gasteiger partial charge in [-0.2, -0.15) is 4.98 Å². The molecule has 2 amide bonds. The quantitative estimate of drug-likeness (QED) is 0.379. The highest BCUT2D eigenvalue weighted by molar-refractivity contribution is 6.30. The monoisotopic (exact) mass is 488 g/mol. The molecule has 1 aromatic heterocycles. The highest BCUT2D eigenvalue weighted by Crippen LogP contribution is 2.18. The van der Waals surface area contributed by atoms with Gasteiger partial charge in [0.1, 0.15) is 0 Å². The zero-order valence-electron chi connectivity index (χ0n) is 19.5. The Morgan fingerprint density at radius 1 is 1.00 bits per heavy atom. The number of hydrogen-bond donors (Lipinski definition) is 1. The number of likely N-dealkylation sites (N-methyl/N-ethyl adjacent to an activating group) is 1. The van der Waals surface area contributed by atoms with Crippen molar-refractivity contribution in [1.29, 1.82) is 0 Å². The number of nitrogens with zero attached hydrogens (tertiary/aromatic N) is 3. The smallest absolute Gasteiger partial charge is 0.257 e. The number of carbonyl (C=O) groups excluding carboxylic acids is 2. The number of amides is 2. The molecule has 0 aliphatic rings. The van der Waals surface area contributed by atoms with Crippen LogP contribution in [0.5, 0.6) is 0 Å². The van der Waals surface area contributed by atoms with Crippen LogP contribution >= 0.6 is 11.6 Å². The first-order valence-corrected chi connectivity index (χ1v) is 11.5. The third-order valence-electron chi connectivity index (χ3n) is 5.51. The van der Waals surface area contributed by atoms with Gasteiger partial charge in [-0.05, 0) is 61.0 Å². The van der Waals surface area contributed by atoms with E-state index >= 15 is 0 Å². The van der Waals surface area contributed by atoms with Crippen molar-refractivity contribution in [3.63, 3.8) is 0 Å². The minimum Gasteiger partial charge on any atom is -0.348 e. The second kappa shape index (κ2) is 11.0. The number of nitrogens with one attached hydrogen (secondary N) is 1. The molecule has 0 saturated carbocycles. The molecule has 7 nitrogen and oxygen atoms in total. The van der Waals surface area contributed by atoms with Gasteiger partial charge >= 0.3 is 0 Å². The molecule has 8 heteroatoms. The SMILES string of the molecule is Cc1cccc(CNC(=O)c2ccc(-c3nc(CCN(C)C(=O)c4ccc(Cl)cc4)no3)cc2)c1. The lowest BCUT2D eigenvalue weighted by molar-refractivity contribution is 0.0795. The average Bonchev–Trinajstić information content (AvgIpc) is 3.35. The van der Waals surface area contributed by atoms with Crippen LogP contribution in [0.4, 0.5) is 0 Å². The highest BCUT2D eigenvalue weighted by atomic mass is 35.5. The topological polar surface area (TPSA) is 88.3 Å². The molecular formula is C27H25ClN4O3. The second-order valence-electron chi connectivity index (χ2n) is 8.25. The molecule has 0 spiro atoms. The molecule has 35 heavy (non-hydrogen) atoms. The van der Waals surface area contributed by atoms with E-state index in [2.05, 4.69) is 15.5 Å². The van der Waals surface area contributed by atoms with Gasteiger partial charge in [0, 0.05) is 48.3 Å². The Hall–Kier alpha value is -3.97. The van der Waals surface area contributed by atoms with E-state index in [1.165, 1.54) is 0 Å². The first-order chi connectivity index (χ1) is 16.9. The molecule has 3 aromatic carbocycles. The first kappa shape index (κ1) is 24.2. The van der Waals surface area contributed by atoms with E-state index < -0.39 is 0 Å². The normalized spacial score (nSPS) is 10.7. The number of rotatable bonds is 8. The molecule has 0 radical (unpaired) electrons. The molecule has 178 valence electrons. The Labute approximate surface area is 208 Å². The van der Waals surface area contributed by atoms with Gasteiger partial charge in [0.05, 0.1) is 0 Å². The molecule has 4 aromatic rings. The largest absolute Gasteiger partial charge is 0.348 e. The van der Waals surface area contributed by atoms with Crippen LogP contribution < -0.4 is 5.32 Å². The van der Waals surface area contributed by atoms with Gasteiger partial charge in [0.15, 0.2) is 5.82 Å². The van der Waals surface area contributed by atoms with Crippen LogP contribution in [0.15, 0.2) is 77.3 Å². The van der Waals surface area contributed by atoms with E-state index in [1.807, 2.05) is 31.2 Å². The van der Waals surface area contributed by atoms with Crippen LogP contribution in [0.1, 0.15) is 37.7 Å². The first-order valence-electron chi connectivity index (χ1n) is 11.2. The summed E-state index contributed by atoms with van der Waals surface area (Å²) in [6, 6.07) is 21.8. The van der Waals surface area contributed by atoms with E-state index in [0.717, 1.165) is 11.1 Å². The van der Waals surface area contributed by atoms with Gasteiger partial charge in [-0.25, -0.2) is 0 Å². The summed E-state index contributed by atoms with van der Waals surface area (Å²) in [5, 5.41) is 7.53. The number of aromatic nitrogens is 2. The van der Waals surface area contributed by atoms with E-state index in [4.69, 9.17) is 16.1 Å². The van der Waals surface area contributed by atoms with E-state index in [9.17, 15) is 9.59 Å². The Kier molecular flexibility index (Phi) is 7.57. The van der Waals surface area contributed by atoms with Gasteiger partial charge in [-0.15, -0.1) is 0 Å². The van der Waals surface area contributed by atoms with Crippen molar-refractivity contribution < 1.29 is 14.1 Å². The molecule has 0 atom stereocenters. The molecular weight excluding hydrogens is 464 g/mol. The van der Waals surface area contributed by atoms with E-state index in [-0.39, 0.29) is 11.8 Å². The van der Waals surface area contributed by atoms with Gasteiger partial charge < -0.3 is 14.7 Å². The maximum Gasteiger partial charge on any atom is 0.257 e. The zero-order chi connectivity index (χ0) is 24.8. The molecule has 4 rings (SSSR count). The maximum absolute atomic E-state index is 12.5. The summed E-state index contributed by atoms with van der Waals surface area (Å²) in [6.07, 6.45) is 0.443. The summed E-state index contributed by atoms with van der Waals surface area (Å²) < 4.78 is 5.38. The minimum absolute atomic E-state index is 0.110. The maximum atomic E-state index is 12.5. The van der Waals surface area contributed by atoms with Crippen molar-refractivity contribution in [3.8, 4) is 11.5 Å².